The maximum absolute atomic E-state index is 12.1. The van der Waals surface area contributed by atoms with Gasteiger partial charge in [-0.05, 0) is 31.0 Å². The summed E-state index contributed by atoms with van der Waals surface area (Å²) >= 11 is 0. The third-order valence-electron chi connectivity index (χ3n) is 3.04. The Kier molecular flexibility index (Phi) is 8.73. The highest BCUT2D eigenvalue weighted by Crippen LogP contribution is 2.12. The van der Waals surface area contributed by atoms with Crippen LogP contribution in [-0.2, 0) is 19.6 Å². The third-order valence-corrected chi connectivity index (χ3v) is 4.50. The molecular formula is C16H23N3O6S. The lowest BCUT2D eigenvalue weighted by molar-refractivity contribution is -0.123. The Balaban J connectivity index is 2.64. The molecule has 0 spiro atoms. The van der Waals surface area contributed by atoms with E-state index in [9.17, 15) is 22.8 Å². The molecule has 0 aliphatic rings. The van der Waals surface area contributed by atoms with Crippen molar-refractivity contribution in [2.75, 3.05) is 19.7 Å². The van der Waals surface area contributed by atoms with Crippen molar-refractivity contribution in [1.29, 1.82) is 0 Å². The van der Waals surface area contributed by atoms with E-state index in [0.717, 1.165) is 6.07 Å². The van der Waals surface area contributed by atoms with Crippen LogP contribution in [0.2, 0.25) is 0 Å². The molecule has 3 N–H and O–H groups in total. The summed E-state index contributed by atoms with van der Waals surface area (Å²) in [6.45, 7) is 3.70. The molecule has 0 aliphatic carbocycles. The smallest absolute Gasteiger partial charge is 0.338 e. The summed E-state index contributed by atoms with van der Waals surface area (Å²) in [5.41, 5.74) is -0.0207. The summed E-state index contributed by atoms with van der Waals surface area (Å²) in [7, 11) is -3.72. The Morgan fingerprint density at radius 3 is 2.42 bits per heavy atom. The van der Waals surface area contributed by atoms with Crippen molar-refractivity contribution in [3.63, 3.8) is 0 Å². The van der Waals surface area contributed by atoms with Crippen LogP contribution in [0.25, 0.3) is 0 Å². The van der Waals surface area contributed by atoms with E-state index in [0.29, 0.717) is 19.4 Å². The maximum Gasteiger partial charge on any atom is 0.338 e. The van der Waals surface area contributed by atoms with Gasteiger partial charge < -0.3 is 10.1 Å². The molecule has 3 amide bonds. The molecule has 0 aliphatic heterocycles. The predicted molar refractivity (Wildman–Crippen MR) is 94.0 cm³/mol. The van der Waals surface area contributed by atoms with Crippen LogP contribution >= 0.6 is 0 Å². The molecule has 0 unspecified atom stereocenters. The minimum atomic E-state index is -3.72. The molecule has 1 aromatic carbocycles. The molecule has 144 valence electrons. The van der Waals surface area contributed by atoms with E-state index in [1.807, 2.05) is 19.2 Å². The fraction of sp³-hybridized carbons (Fsp3) is 0.438. The van der Waals surface area contributed by atoms with Crippen molar-refractivity contribution >= 4 is 27.9 Å². The Labute approximate surface area is 152 Å². The Morgan fingerprint density at radius 2 is 1.77 bits per heavy atom. The van der Waals surface area contributed by atoms with Crippen molar-refractivity contribution in [3.05, 3.63) is 29.8 Å². The molecule has 0 bridgehead atoms. The summed E-state index contributed by atoms with van der Waals surface area (Å²) in [6, 6.07) is 4.59. The summed E-state index contributed by atoms with van der Waals surface area (Å²) in [6.07, 6.45) is 1.34. The zero-order valence-electron chi connectivity index (χ0n) is 14.7. The summed E-state index contributed by atoms with van der Waals surface area (Å²) in [5, 5.41) is 4.45. The van der Waals surface area contributed by atoms with Crippen LogP contribution in [0.4, 0.5) is 4.79 Å². The van der Waals surface area contributed by atoms with E-state index >= 15 is 0 Å². The quantitative estimate of drug-likeness (QED) is 0.538. The number of rotatable bonds is 9. The second-order valence-corrected chi connectivity index (χ2v) is 7.07. The zero-order chi connectivity index (χ0) is 19.6. The first-order valence-electron chi connectivity index (χ1n) is 8.14. The van der Waals surface area contributed by atoms with Gasteiger partial charge in [0.15, 0.2) is 6.61 Å². The Hall–Kier alpha value is -2.46. The van der Waals surface area contributed by atoms with E-state index in [2.05, 4.69) is 10.0 Å². The van der Waals surface area contributed by atoms with E-state index in [1.165, 1.54) is 18.2 Å². The normalized spacial score (nSPS) is 10.8. The van der Waals surface area contributed by atoms with Gasteiger partial charge in [0.05, 0.1) is 10.5 Å². The van der Waals surface area contributed by atoms with Crippen LogP contribution < -0.4 is 15.4 Å². The number of amides is 3. The minimum absolute atomic E-state index is 0.0207. The fourth-order valence-corrected chi connectivity index (χ4v) is 2.95. The standard InChI is InChI=1S/C16H23N3O6S/c1-3-8-17-16(22)19-14(20)11-25-15(21)12-6-5-7-13(10-12)26(23,24)18-9-4-2/h5-7,10,18H,3-4,8-9,11H2,1-2H3,(H2,17,19,20,22). The number of esters is 1. The lowest BCUT2D eigenvalue weighted by Crippen LogP contribution is -2.41. The SMILES string of the molecule is CCCNC(=O)NC(=O)COC(=O)c1cccc(S(=O)(=O)NCCC)c1. The largest absolute Gasteiger partial charge is 0.452 e. The topological polar surface area (TPSA) is 131 Å². The van der Waals surface area contributed by atoms with Crippen molar-refractivity contribution in [2.45, 2.75) is 31.6 Å². The average molecular weight is 385 g/mol. The van der Waals surface area contributed by atoms with Gasteiger partial charge >= 0.3 is 12.0 Å². The van der Waals surface area contributed by atoms with Crippen LogP contribution in [0.3, 0.4) is 0 Å². The number of carbonyl (C=O) groups is 3. The number of benzene rings is 1. The highest BCUT2D eigenvalue weighted by molar-refractivity contribution is 7.89. The third kappa shape index (κ3) is 7.19. The Bertz CT molecular complexity index is 748. The van der Waals surface area contributed by atoms with E-state index < -0.39 is 34.5 Å². The van der Waals surface area contributed by atoms with Gasteiger partial charge in [-0.2, -0.15) is 0 Å². The average Bonchev–Trinajstić information content (AvgIpc) is 2.62. The second-order valence-electron chi connectivity index (χ2n) is 5.31. The number of carbonyl (C=O) groups excluding carboxylic acids is 3. The first-order chi connectivity index (χ1) is 12.3. The molecule has 9 nitrogen and oxygen atoms in total. The molecule has 26 heavy (non-hydrogen) atoms. The van der Waals surface area contributed by atoms with Crippen molar-refractivity contribution in [2.24, 2.45) is 0 Å². The van der Waals surface area contributed by atoms with Crippen molar-refractivity contribution < 1.29 is 27.5 Å². The monoisotopic (exact) mass is 385 g/mol. The molecule has 1 aromatic rings. The molecular weight excluding hydrogens is 362 g/mol. The molecule has 0 atom stereocenters. The van der Waals surface area contributed by atoms with Crippen LogP contribution in [0.1, 0.15) is 37.0 Å². The molecule has 0 saturated carbocycles. The molecule has 0 aromatic heterocycles. The Morgan fingerprint density at radius 1 is 1.08 bits per heavy atom. The summed E-state index contributed by atoms with van der Waals surface area (Å²) in [4.78, 5) is 34.8. The van der Waals surface area contributed by atoms with Crippen molar-refractivity contribution in [3.8, 4) is 0 Å². The number of sulfonamides is 1. The molecule has 10 heteroatoms. The second kappa shape index (κ2) is 10.5. The van der Waals surface area contributed by atoms with Gasteiger partial charge in [0.25, 0.3) is 5.91 Å². The minimum Gasteiger partial charge on any atom is -0.452 e. The molecule has 0 saturated heterocycles. The van der Waals surface area contributed by atoms with E-state index in [1.54, 1.807) is 0 Å². The van der Waals surface area contributed by atoms with Gasteiger partial charge in [0, 0.05) is 13.1 Å². The van der Waals surface area contributed by atoms with E-state index in [4.69, 9.17) is 4.74 Å². The number of imide groups is 1. The van der Waals surface area contributed by atoms with E-state index in [-0.39, 0.29) is 17.0 Å². The predicted octanol–water partition coefficient (Wildman–Crippen LogP) is 0.767. The molecule has 1 rings (SSSR count). The van der Waals surface area contributed by atoms with Gasteiger partial charge in [0.1, 0.15) is 0 Å². The molecule has 0 heterocycles. The summed E-state index contributed by atoms with van der Waals surface area (Å²) in [5.74, 6) is -1.66. The number of hydrogen-bond acceptors (Lipinski definition) is 6. The van der Waals surface area contributed by atoms with Gasteiger partial charge in [-0.25, -0.2) is 22.7 Å². The van der Waals surface area contributed by atoms with Gasteiger partial charge in [-0.1, -0.05) is 19.9 Å². The van der Waals surface area contributed by atoms with Crippen molar-refractivity contribution in [1.82, 2.24) is 15.4 Å². The zero-order valence-corrected chi connectivity index (χ0v) is 15.5. The summed E-state index contributed by atoms with van der Waals surface area (Å²) < 4.78 is 31.3. The maximum atomic E-state index is 12.1. The van der Waals surface area contributed by atoms with Gasteiger partial charge in [-0.3, -0.25) is 10.1 Å². The lowest BCUT2D eigenvalue weighted by Gasteiger charge is -2.08. The first-order valence-corrected chi connectivity index (χ1v) is 9.63. The lowest BCUT2D eigenvalue weighted by atomic mass is 10.2. The van der Waals surface area contributed by atoms with Crippen LogP contribution in [0, 0.1) is 0 Å². The van der Waals surface area contributed by atoms with Crippen LogP contribution in [0.5, 0.6) is 0 Å². The number of hydrogen-bond donors (Lipinski definition) is 3. The highest BCUT2D eigenvalue weighted by Gasteiger charge is 2.17. The molecule has 0 fully saturated rings. The number of nitrogens with one attached hydrogen (secondary N) is 3. The van der Waals surface area contributed by atoms with Gasteiger partial charge in [0.2, 0.25) is 10.0 Å². The molecule has 0 radical (unpaired) electrons. The number of urea groups is 1. The number of ether oxygens (including phenoxy) is 1. The van der Waals surface area contributed by atoms with Crippen LogP contribution in [-0.4, -0.2) is 46.0 Å². The van der Waals surface area contributed by atoms with Crippen LogP contribution in [0.15, 0.2) is 29.2 Å². The highest BCUT2D eigenvalue weighted by atomic mass is 32.2. The first kappa shape index (κ1) is 21.6. The fourth-order valence-electron chi connectivity index (χ4n) is 1.77. The van der Waals surface area contributed by atoms with Gasteiger partial charge in [-0.15, -0.1) is 0 Å².